The second-order valence-electron chi connectivity index (χ2n) is 9.65. The second-order valence-corrected chi connectivity index (χ2v) is 11.6. The number of benzene rings is 3. The van der Waals surface area contributed by atoms with Crippen molar-refractivity contribution in [2.45, 2.75) is 26.2 Å². The Bertz CT molecular complexity index is 1300. The van der Waals surface area contributed by atoms with Crippen LogP contribution in [0, 0.1) is 0 Å². The first-order valence-corrected chi connectivity index (χ1v) is 13.9. The Hall–Kier alpha value is -3.23. The van der Waals surface area contributed by atoms with Crippen molar-refractivity contribution in [2.24, 2.45) is 0 Å². The predicted octanol–water partition coefficient (Wildman–Crippen LogP) is 7.32. The summed E-state index contributed by atoms with van der Waals surface area (Å²) in [5.74, 6) is 1.72. The van der Waals surface area contributed by atoms with E-state index < -0.39 is 0 Å². The maximum atomic E-state index is 12.9. The lowest BCUT2D eigenvalue weighted by Crippen LogP contribution is -2.32. The van der Waals surface area contributed by atoms with E-state index in [0.29, 0.717) is 35.2 Å². The Balaban J connectivity index is 1.34. The molecule has 6 nitrogen and oxygen atoms in total. The molecule has 0 N–H and O–H groups in total. The molecule has 2 amide bonds. The molecule has 1 heterocycles. The van der Waals surface area contributed by atoms with Crippen LogP contribution < -0.4 is 14.2 Å². The number of rotatable bonds is 10. The van der Waals surface area contributed by atoms with E-state index in [0.717, 1.165) is 22.0 Å². The highest BCUT2D eigenvalue weighted by Gasteiger charge is 2.35. The zero-order valence-electron chi connectivity index (χ0n) is 21.6. The number of para-hydroxylation sites is 1. The molecule has 38 heavy (non-hydrogen) atoms. The Morgan fingerprint density at radius 2 is 1.50 bits per heavy atom. The smallest absolute Gasteiger partial charge is 0.293 e. The van der Waals surface area contributed by atoms with Gasteiger partial charge in [-0.2, -0.15) is 0 Å². The monoisotopic (exact) mass is 595 g/mol. The SMILES string of the molecule is CC(C)(C)c1ccc(OCCOc2cc(Br)ccc2/C=C2\SC(=O)N(CCOc3ccccc3)C2=O)cc1. The van der Waals surface area contributed by atoms with E-state index in [2.05, 4.69) is 48.8 Å². The van der Waals surface area contributed by atoms with Gasteiger partial charge in [0, 0.05) is 10.0 Å². The first-order chi connectivity index (χ1) is 18.2. The van der Waals surface area contributed by atoms with Gasteiger partial charge in [0.15, 0.2) is 0 Å². The third kappa shape index (κ3) is 7.42. The van der Waals surface area contributed by atoms with Crippen LogP contribution >= 0.6 is 27.7 Å². The van der Waals surface area contributed by atoms with Crippen LogP contribution in [-0.4, -0.2) is 42.4 Å². The van der Waals surface area contributed by atoms with Gasteiger partial charge >= 0.3 is 0 Å². The van der Waals surface area contributed by atoms with Crippen molar-refractivity contribution in [3.63, 3.8) is 0 Å². The molecule has 4 rings (SSSR count). The molecule has 0 atom stereocenters. The van der Waals surface area contributed by atoms with E-state index in [1.54, 1.807) is 6.08 Å². The van der Waals surface area contributed by atoms with Crippen LogP contribution in [-0.2, 0) is 10.2 Å². The number of carbonyl (C=O) groups excluding carboxylic acids is 2. The number of hydrogen-bond acceptors (Lipinski definition) is 6. The highest BCUT2D eigenvalue weighted by molar-refractivity contribution is 9.10. The van der Waals surface area contributed by atoms with Crippen molar-refractivity contribution >= 4 is 44.9 Å². The van der Waals surface area contributed by atoms with Crippen molar-refractivity contribution in [3.05, 3.63) is 93.3 Å². The molecule has 0 bridgehead atoms. The van der Waals surface area contributed by atoms with E-state index in [9.17, 15) is 9.59 Å². The van der Waals surface area contributed by atoms with Crippen molar-refractivity contribution in [3.8, 4) is 17.2 Å². The number of nitrogens with zero attached hydrogens (tertiary/aromatic N) is 1. The van der Waals surface area contributed by atoms with Crippen LogP contribution in [0.1, 0.15) is 31.9 Å². The van der Waals surface area contributed by atoms with Crippen molar-refractivity contribution in [2.75, 3.05) is 26.4 Å². The maximum absolute atomic E-state index is 12.9. The molecule has 1 aliphatic heterocycles. The first-order valence-electron chi connectivity index (χ1n) is 12.3. The van der Waals surface area contributed by atoms with Crippen LogP contribution in [0.25, 0.3) is 6.08 Å². The Morgan fingerprint density at radius 1 is 0.842 bits per heavy atom. The molecule has 0 radical (unpaired) electrons. The Kier molecular flexibility index (Phi) is 9.17. The number of amides is 2. The average molecular weight is 597 g/mol. The molecule has 3 aromatic carbocycles. The van der Waals surface area contributed by atoms with Gasteiger partial charge in [-0.1, -0.05) is 73.1 Å². The lowest BCUT2D eigenvalue weighted by atomic mass is 9.87. The zero-order chi connectivity index (χ0) is 27.1. The summed E-state index contributed by atoms with van der Waals surface area (Å²) in [5.41, 5.74) is 2.03. The van der Waals surface area contributed by atoms with Crippen LogP contribution in [0.3, 0.4) is 0 Å². The summed E-state index contributed by atoms with van der Waals surface area (Å²) >= 11 is 4.39. The minimum absolute atomic E-state index is 0.0871. The first kappa shape index (κ1) is 27.8. The van der Waals surface area contributed by atoms with Crippen molar-refractivity contribution in [1.29, 1.82) is 0 Å². The number of halogens is 1. The normalized spacial score (nSPS) is 14.7. The van der Waals surface area contributed by atoms with E-state index in [1.165, 1.54) is 10.5 Å². The third-order valence-corrected chi connectivity index (χ3v) is 7.19. The Labute approximate surface area is 236 Å². The van der Waals surface area contributed by atoms with E-state index >= 15 is 0 Å². The number of imide groups is 1. The lowest BCUT2D eigenvalue weighted by molar-refractivity contribution is -0.123. The van der Waals surface area contributed by atoms with E-state index in [4.69, 9.17) is 14.2 Å². The predicted molar refractivity (Wildman–Crippen MR) is 155 cm³/mol. The highest BCUT2D eigenvalue weighted by atomic mass is 79.9. The Morgan fingerprint density at radius 3 is 2.21 bits per heavy atom. The fourth-order valence-electron chi connectivity index (χ4n) is 3.72. The molecule has 0 aromatic heterocycles. The lowest BCUT2D eigenvalue weighted by Gasteiger charge is -2.19. The van der Waals surface area contributed by atoms with Gasteiger partial charge in [-0.3, -0.25) is 14.5 Å². The highest BCUT2D eigenvalue weighted by Crippen LogP contribution is 2.35. The second kappa shape index (κ2) is 12.5. The zero-order valence-corrected chi connectivity index (χ0v) is 24.0. The molecule has 3 aromatic rings. The van der Waals surface area contributed by atoms with Gasteiger partial charge in [-0.05, 0) is 65.2 Å². The summed E-state index contributed by atoms with van der Waals surface area (Å²) in [7, 11) is 0. The van der Waals surface area contributed by atoms with Crippen molar-refractivity contribution in [1.82, 2.24) is 4.90 Å². The van der Waals surface area contributed by atoms with Gasteiger partial charge in [0.2, 0.25) is 0 Å². The van der Waals surface area contributed by atoms with Crippen LogP contribution in [0.2, 0.25) is 0 Å². The van der Waals surface area contributed by atoms with E-state index in [-0.39, 0.29) is 29.7 Å². The average Bonchev–Trinajstić information content (AvgIpc) is 3.16. The fourth-order valence-corrected chi connectivity index (χ4v) is 4.92. The standard InChI is InChI=1S/C30H30BrNO5S/c1-30(2,3)22-10-13-25(14-11-22)36-17-18-37-26-20-23(31)12-9-21(26)19-27-28(33)32(29(34)38-27)15-16-35-24-7-5-4-6-8-24/h4-14,19-20H,15-18H2,1-3H3/b27-19-. The van der Waals surface area contributed by atoms with Crippen LogP contribution in [0.15, 0.2) is 82.2 Å². The summed E-state index contributed by atoms with van der Waals surface area (Å²) in [6.45, 7) is 7.60. The number of carbonyl (C=O) groups is 2. The summed E-state index contributed by atoms with van der Waals surface area (Å²) in [5, 5.41) is -0.316. The van der Waals surface area contributed by atoms with Crippen molar-refractivity contribution < 1.29 is 23.8 Å². The van der Waals surface area contributed by atoms with Crippen LogP contribution in [0.4, 0.5) is 4.79 Å². The summed E-state index contributed by atoms with van der Waals surface area (Å²) < 4.78 is 18.3. The molecule has 0 unspecified atom stereocenters. The largest absolute Gasteiger partial charge is 0.492 e. The molecule has 1 fully saturated rings. The van der Waals surface area contributed by atoms with Crippen LogP contribution in [0.5, 0.6) is 17.2 Å². The number of hydrogen-bond donors (Lipinski definition) is 0. The van der Waals surface area contributed by atoms with E-state index in [1.807, 2.05) is 60.7 Å². The third-order valence-electron chi connectivity index (χ3n) is 5.79. The van der Waals surface area contributed by atoms with Gasteiger partial charge in [-0.25, -0.2) is 0 Å². The molecule has 0 aliphatic carbocycles. The minimum atomic E-state index is -0.340. The summed E-state index contributed by atoms with van der Waals surface area (Å²) in [6.07, 6.45) is 1.69. The molecular weight excluding hydrogens is 566 g/mol. The number of ether oxygens (including phenoxy) is 3. The van der Waals surface area contributed by atoms with Gasteiger partial charge in [-0.15, -0.1) is 0 Å². The quantitative estimate of drug-likeness (QED) is 0.181. The molecule has 8 heteroatoms. The molecule has 0 saturated carbocycles. The fraction of sp³-hybridized carbons (Fsp3) is 0.267. The number of thioether (sulfide) groups is 1. The minimum Gasteiger partial charge on any atom is -0.492 e. The van der Waals surface area contributed by atoms with Gasteiger partial charge in [0.05, 0.1) is 11.4 Å². The van der Waals surface area contributed by atoms with Gasteiger partial charge < -0.3 is 14.2 Å². The molecule has 1 aliphatic rings. The molecule has 1 saturated heterocycles. The molecule has 0 spiro atoms. The van der Waals surface area contributed by atoms with Gasteiger partial charge in [0.1, 0.15) is 37.1 Å². The summed E-state index contributed by atoms with van der Waals surface area (Å²) in [6, 6.07) is 22.9. The van der Waals surface area contributed by atoms with Gasteiger partial charge in [0.25, 0.3) is 11.1 Å². The molecular formula is C30H30BrNO5S. The maximum Gasteiger partial charge on any atom is 0.293 e. The topological polar surface area (TPSA) is 65.1 Å². The molecule has 198 valence electrons. The summed E-state index contributed by atoms with van der Waals surface area (Å²) in [4.78, 5) is 27.0.